The van der Waals surface area contributed by atoms with E-state index in [-0.39, 0.29) is 5.41 Å². The van der Waals surface area contributed by atoms with Gasteiger partial charge in [-0.05, 0) is 73.7 Å². The van der Waals surface area contributed by atoms with Gasteiger partial charge in [-0.3, -0.25) is 0 Å². The first-order valence-corrected chi connectivity index (χ1v) is 7.69. The summed E-state index contributed by atoms with van der Waals surface area (Å²) >= 11 is 0. The fourth-order valence-electron chi connectivity index (χ4n) is 2.95. The summed E-state index contributed by atoms with van der Waals surface area (Å²) < 4.78 is 0. The van der Waals surface area contributed by atoms with E-state index in [9.17, 15) is 0 Å². The molecule has 1 atom stereocenters. The van der Waals surface area contributed by atoms with E-state index in [1.807, 2.05) is 0 Å². The number of aryl methyl sites for hydroxylation is 1. The Bertz CT molecular complexity index is 424. The monoisotopic (exact) mass is 259 g/mol. The van der Waals surface area contributed by atoms with Gasteiger partial charge in [0.1, 0.15) is 0 Å². The maximum atomic E-state index is 3.31. The van der Waals surface area contributed by atoms with E-state index in [4.69, 9.17) is 0 Å². The molecule has 0 heterocycles. The molecule has 1 nitrogen and oxygen atoms in total. The summed E-state index contributed by atoms with van der Waals surface area (Å²) in [7, 11) is 2.06. The SMILES string of the molecule is CNCCC(c1cc(C(C)(C)C)ccc1C)C1CC1. The molecule has 0 radical (unpaired) electrons. The van der Waals surface area contributed by atoms with E-state index in [1.165, 1.54) is 30.4 Å². The van der Waals surface area contributed by atoms with Crippen LogP contribution in [0.4, 0.5) is 0 Å². The lowest BCUT2D eigenvalue weighted by Gasteiger charge is -2.24. The van der Waals surface area contributed by atoms with Crippen LogP contribution in [0, 0.1) is 12.8 Å². The van der Waals surface area contributed by atoms with Crippen molar-refractivity contribution in [1.29, 1.82) is 0 Å². The Balaban J connectivity index is 2.29. The summed E-state index contributed by atoms with van der Waals surface area (Å²) in [5.74, 6) is 1.69. The second kappa shape index (κ2) is 5.66. The highest BCUT2D eigenvalue weighted by atomic mass is 14.8. The van der Waals surface area contributed by atoms with Crippen LogP contribution in [0.1, 0.15) is 62.6 Å². The molecule has 0 amide bonds. The molecule has 0 aromatic heterocycles. The van der Waals surface area contributed by atoms with Gasteiger partial charge in [0, 0.05) is 0 Å². The molecule has 0 bridgehead atoms. The normalized spacial score (nSPS) is 17.5. The van der Waals surface area contributed by atoms with E-state index >= 15 is 0 Å². The second-order valence-electron chi connectivity index (χ2n) is 7.16. The molecule has 1 aromatic carbocycles. The standard InChI is InChI=1S/C18H29N/c1-13-6-9-15(18(2,3)4)12-17(13)16(10-11-19-5)14-7-8-14/h6,9,12,14,16,19H,7-8,10-11H2,1-5H3. The lowest BCUT2D eigenvalue weighted by atomic mass is 9.81. The van der Waals surface area contributed by atoms with Crippen LogP contribution in [0.2, 0.25) is 0 Å². The Kier molecular flexibility index (Phi) is 4.35. The zero-order chi connectivity index (χ0) is 14.0. The molecular weight excluding hydrogens is 230 g/mol. The predicted octanol–water partition coefficient (Wildman–Crippen LogP) is 4.40. The molecule has 0 saturated heterocycles. The Morgan fingerprint density at radius 2 is 1.95 bits per heavy atom. The second-order valence-corrected chi connectivity index (χ2v) is 7.16. The van der Waals surface area contributed by atoms with Crippen LogP contribution < -0.4 is 5.32 Å². The van der Waals surface area contributed by atoms with E-state index in [0.717, 1.165) is 18.4 Å². The quantitative estimate of drug-likeness (QED) is 0.826. The van der Waals surface area contributed by atoms with Crippen molar-refractivity contribution in [3.05, 3.63) is 34.9 Å². The van der Waals surface area contributed by atoms with Crippen LogP contribution in [0.25, 0.3) is 0 Å². The third kappa shape index (κ3) is 3.60. The van der Waals surface area contributed by atoms with Crippen molar-refractivity contribution in [3.8, 4) is 0 Å². The Morgan fingerprint density at radius 1 is 1.26 bits per heavy atom. The lowest BCUT2D eigenvalue weighted by Crippen LogP contribution is -2.16. The third-order valence-electron chi connectivity index (χ3n) is 4.44. The average Bonchev–Trinajstić information content (AvgIpc) is 3.14. The van der Waals surface area contributed by atoms with Gasteiger partial charge in [0.05, 0.1) is 0 Å². The van der Waals surface area contributed by atoms with Crippen molar-refractivity contribution >= 4 is 0 Å². The van der Waals surface area contributed by atoms with Gasteiger partial charge in [-0.1, -0.05) is 39.0 Å². The highest BCUT2D eigenvalue weighted by Gasteiger charge is 2.33. The third-order valence-corrected chi connectivity index (χ3v) is 4.44. The Hall–Kier alpha value is -0.820. The summed E-state index contributed by atoms with van der Waals surface area (Å²) in [6.45, 7) is 10.3. The van der Waals surface area contributed by atoms with Gasteiger partial charge in [0.2, 0.25) is 0 Å². The summed E-state index contributed by atoms with van der Waals surface area (Å²) in [4.78, 5) is 0. The van der Waals surface area contributed by atoms with Gasteiger partial charge in [-0.15, -0.1) is 0 Å². The summed E-state index contributed by atoms with van der Waals surface area (Å²) in [5, 5.41) is 3.31. The van der Waals surface area contributed by atoms with Crippen molar-refractivity contribution in [2.24, 2.45) is 5.92 Å². The van der Waals surface area contributed by atoms with Crippen molar-refractivity contribution in [1.82, 2.24) is 5.32 Å². The molecule has 1 fully saturated rings. The maximum absolute atomic E-state index is 3.31. The molecule has 1 aromatic rings. The molecule has 0 spiro atoms. The molecule has 0 aliphatic heterocycles. The summed E-state index contributed by atoms with van der Waals surface area (Å²) in [6, 6.07) is 7.11. The van der Waals surface area contributed by atoms with E-state index in [2.05, 4.69) is 58.3 Å². The van der Waals surface area contributed by atoms with Crippen LogP contribution in [0.5, 0.6) is 0 Å². The zero-order valence-corrected chi connectivity index (χ0v) is 13.2. The van der Waals surface area contributed by atoms with Crippen LogP contribution >= 0.6 is 0 Å². The van der Waals surface area contributed by atoms with E-state index in [0.29, 0.717) is 0 Å². The molecule has 1 unspecified atom stereocenters. The number of hydrogen-bond acceptors (Lipinski definition) is 1. The van der Waals surface area contributed by atoms with Crippen molar-refractivity contribution in [2.45, 2.75) is 58.3 Å². The van der Waals surface area contributed by atoms with Gasteiger partial charge in [0.25, 0.3) is 0 Å². The first-order valence-electron chi connectivity index (χ1n) is 7.69. The minimum atomic E-state index is 0.250. The number of nitrogens with one attached hydrogen (secondary N) is 1. The molecular formula is C18H29N. The van der Waals surface area contributed by atoms with Crippen LogP contribution in [-0.2, 0) is 5.41 Å². The first kappa shape index (κ1) is 14.6. The number of benzene rings is 1. The lowest BCUT2D eigenvalue weighted by molar-refractivity contribution is 0.533. The maximum Gasteiger partial charge on any atom is -0.00460 e. The van der Waals surface area contributed by atoms with Gasteiger partial charge in [-0.25, -0.2) is 0 Å². The molecule has 1 heteroatoms. The molecule has 1 aliphatic rings. The highest BCUT2D eigenvalue weighted by molar-refractivity contribution is 5.37. The molecule has 1 saturated carbocycles. The smallest absolute Gasteiger partial charge is 0.00460 e. The Labute approximate surface area is 118 Å². The van der Waals surface area contributed by atoms with Crippen molar-refractivity contribution in [3.63, 3.8) is 0 Å². The molecule has 1 aliphatic carbocycles. The van der Waals surface area contributed by atoms with E-state index < -0.39 is 0 Å². The predicted molar refractivity (Wildman–Crippen MR) is 83.9 cm³/mol. The van der Waals surface area contributed by atoms with Crippen molar-refractivity contribution in [2.75, 3.05) is 13.6 Å². The summed E-state index contributed by atoms with van der Waals surface area (Å²) in [6.07, 6.45) is 4.12. The zero-order valence-electron chi connectivity index (χ0n) is 13.2. The topological polar surface area (TPSA) is 12.0 Å². The van der Waals surface area contributed by atoms with Crippen LogP contribution in [0.15, 0.2) is 18.2 Å². The summed E-state index contributed by atoms with van der Waals surface area (Å²) in [5.41, 5.74) is 4.80. The van der Waals surface area contributed by atoms with E-state index in [1.54, 1.807) is 5.56 Å². The number of hydrogen-bond donors (Lipinski definition) is 1. The van der Waals surface area contributed by atoms with Gasteiger partial charge >= 0.3 is 0 Å². The fraction of sp³-hybridized carbons (Fsp3) is 0.667. The minimum absolute atomic E-state index is 0.250. The van der Waals surface area contributed by atoms with Crippen LogP contribution in [0.3, 0.4) is 0 Å². The average molecular weight is 259 g/mol. The van der Waals surface area contributed by atoms with Crippen LogP contribution in [-0.4, -0.2) is 13.6 Å². The first-order chi connectivity index (χ1) is 8.93. The minimum Gasteiger partial charge on any atom is -0.320 e. The number of rotatable bonds is 5. The highest BCUT2D eigenvalue weighted by Crippen LogP contribution is 2.45. The molecule has 1 N–H and O–H groups in total. The van der Waals surface area contributed by atoms with Gasteiger partial charge < -0.3 is 5.32 Å². The molecule has 106 valence electrons. The Morgan fingerprint density at radius 3 is 2.47 bits per heavy atom. The van der Waals surface area contributed by atoms with Crippen molar-refractivity contribution < 1.29 is 0 Å². The molecule has 19 heavy (non-hydrogen) atoms. The fourth-order valence-corrected chi connectivity index (χ4v) is 2.95. The van der Waals surface area contributed by atoms with Gasteiger partial charge in [-0.2, -0.15) is 0 Å². The van der Waals surface area contributed by atoms with Gasteiger partial charge in [0.15, 0.2) is 0 Å². The largest absolute Gasteiger partial charge is 0.320 e. The molecule has 2 rings (SSSR count).